The van der Waals surface area contributed by atoms with Gasteiger partial charge in [0.05, 0.1) is 18.2 Å². The number of aliphatic hydroxyl groups is 3. The molecule has 1 aliphatic carbocycles. The molecule has 0 aromatic heterocycles. The highest BCUT2D eigenvalue weighted by Crippen LogP contribution is 2.26. The molecule has 0 aromatic carbocycles. The van der Waals surface area contributed by atoms with Gasteiger partial charge in [-0.15, -0.1) is 0 Å². The summed E-state index contributed by atoms with van der Waals surface area (Å²) in [7, 11) is 0. The van der Waals surface area contributed by atoms with E-state index in [0.29, 0.717) is 6.54 Å². The summed E-state index contributed by atoms with van der Waals surface area (Å²) in [6.45, 7) is 0.357. The van der Waals surface area contributed by atoms with Gasteiger partial charge in [-0.05, 0) is 18.9 Å². The standard InChI is InChI=1S/C12H23N3O5/c13-4-5-2-1-3-6(19-5)20-12-8(15)9(16)7(14)10(17)11(12)18/h3,5,7-12,16-18H,1-2,4,13-15H2/t5?,7?,8-,9?,10-,11?,12?/m0/s1. The Morgan fingerprint density at radius 1 is 1.15 bits per heavy atom. The molecule has 9 N–H and O–H groups in total. The summed E-state index contributed by atoms with van der Waals surface area (Å²) in [5.74, 6) is 0.209. The second-order valence-corrected chi connectivity index (χ2v) is 5.29. The van der Waals surface area contributed by atoms with Gasteiger partial charge < -0.3 is 42.0 Å². The molecule has 2 aliphatic rings. The van der Waals surface area contributed by atoms with E-state index in [1.165, 1.54) is 0 Å². The van der Waals surface area contributed by atoms with Crippen molar-refractivity contribution in [2.75, 3.05) is 6.54 Å². The fourth-order valence-corrected chi connectivity index (χ4v) is 2.49. The van der Waals surface area contributed by atoms with Gasteiger partial charge in [0.15, 0.2) is 0 Å². The molecule has 1 aliphatic heterocycles. The zero-order valence-corrected chi connectivity index (χ0v) is 11.1. The van der Waals surface area contributed by atoms with Crippen molar-refractivity contribution in [1.29, 1.82) is 0 Å². The van der Waals surface area contributed by atoms with Crippen LogP contribution in [0.1, 0.15) is 12.8 Å². The van der Waals surface area contributed by atoms with Gasteiger partial charge in [-0.3, -0.25) is 0 Å². The van der Waals surface area contributed by atoms with Crippen LogP contribution in [0.4, 0.5) is 0 Å². The number of hydrogen-bond donors (Lipinski definition) is 6. The summed E-state index contributed by atoms with van der Waals surface area (Å²) in [6.07, 6.45) is -1.69. The predicted octanol–water partition coefficient (Wildman–Crippen LogP) is -2.90. The molecule has 2 rings (SSSR count). The largest absolute Gasteiger partial charge is 0.461 e. The van der Waals surface area contributed by atoms with E-state index in [1.807, 2.05) is 0 Å². The number of allylic oxidation sites excluding steroid dienone is 1. The predicted molar refractivity (Wildman–Crippen MR) is 70.1 cm³/mol. The molecule has 0 bridgehead atoms. The van der Waals surface area contributed by atoms with Gasteiger partial charge in [0.1, 0.15) is 24.4 Å². The first kappa shape index (κ1) is 15.5. The molecule has 1 heterocycles. The van der Waals surface area contributed by atoms with Crippen molar-refractivity contribution in [1.82, 2.24) is 0 Å². The first-order chi connectivity index (χ1) is 9.45. The lowest BCUT2D eigenvalue weighted by Crippen LogP contribution is -2.69. The third-order valence-electron chi connectivity index (χ3n) is 3.85. The first-order valence-electron chi connectivity index (χ1n) is 6.74. The topological polar surface area (TPSA) is 157 Å². The molecule has 0 amide bonds. The maximum Gasteiger partial charge on any atom is 0.275 e. The average molecular weight is 289 g/mol. The van der Waals surface area contributed by atoms with Crippen molar-refractivity contribution in [3.8, 4) is 0 Å². The van der Waals surface area contributed by atoms with Crippen LogP contribution in [0, 0.1) is 0 Å². The zero-order valence-electron chi connectivity index (χ0n) is 11.1. The van der Waals surface area contributed by atoms with Crippen LogP contribution in [-0.4, -0.2) is 64.5 Å². The number of rotatable bonds is 3. The Morgan fingerprint density at radius 2 is 1.85 bits per heavy atom. The first-order valence-corrected chi connectivity index (χ1v) is 6.74. The average Bonchev–Trinajstić information content (AvgIpc) is 2.48. The molecule has 0 saturated heterocycles. The Morgan fingerprint density at radius 3 is 2.50 bits per heavy atom. The summed E-state index contributed by atoms with van der Waals surface area (Å²) in [4.78, 5) is 0. The molecule has 7 atom stereocenters. The molecule has 0 aromatic rings. The second kappa shape index (κ2) is 6.25. The van der Waals surface area contributed by atoms with E-state index < -0.39 is 36.5 Å². The normalized spacial score (nSPS) is 45.5. The van der Waals surface area contributed by atoms with Gasteiger partial charge in [0, 0.05) is 6.54 Å². The van der Waals surface area contributed by atoms with Gasteiger partial charge in [0.25, 0.3) is 5.95 Å². The molecule has 1 fully saturated rings. The molecule has 20 heavy (non-hydrogen) atoms. The fourth-order valence-electron chi connectivity index (χ4n) is 2.49. The second-order valence-electron chi connectivity index (χ2n) is 5.29. The highest BCUT2D eigenvalue weighted by molar-refractivity contribution is 5.05. The molecule has 0 radical (unpaired) electrons. The van der Waals surface area contributed by atoms with Crippen molar-refractivity contribution in [3.05, 3.63) is 12.0 Å². The Balaban J connectivity index is 2.05. The zero-order chi connectivity index (χ0) is 14.9. The van der Waals surface area contributed by atoms with Crippen molar-refractivity contribution >= 4 is 0 Å². The summed E-state index contributed by atoms with van der Waals surface area (Å²) < 4.78 is 11.0. The minimum absolute atomic E-state index is 0.149. The lowest BCUT2D eigenvalue weighted by molar-refractivity contribution is -0.168. The Labute approximate surface area is 117 Å². The van der Waals surface area contributed by atoms with E-state index >= 15 is 0 Å². The summed E-state index contributed by atoms with van der Waals surface area (Å²) in [5, 5.41) is 29.6. The Bertz CT molecular complexity index is 351. The lowest BCUT2D eigenvalue weighted by Gasteiger charge is -2.43. The molecule has 116 valence electrons. The van der Waals surface area contributed by atoms with Crippen LogP contribution in [0.3, 0.4) is 0 Å². The van der Waals surface area contributed by atoms with Crippen molar-refractivity contribution < 1.29 is 24.8 Å². The van der Waals surface area contributed by atoms with Crippen molar-refractivity contribution in [2.24, 2.45) is 17.2 Å². The molecular weight excluding hydrogens is 266 g/mol. The van der Waals surface area contributed by atoms with Gasteiger partial charge in [-0.2, -0.15) is 0 Å². The van der Waals surface area contributed by atoms with Crippen molar-refractivity contribution in [2.45, 2.75) is 55.4 Å². The SMILES string of the molecule is NCC1CCC=C(OC2C(O)[C@@H](O)C(N)C(O)[C@@H]2N)O1. The van der Waals surface area contributed by atoms with E-state index in [9.17, 15) is 15.3 Å². The Hall–Kier alpha value is -0.900. The van der Waals surface area contributed by atoms with Gasteiger partial charge in [-0.1, -0.05) is 0 Å². The van der Waals surface area contributed by atoms with Crippen LogP contribution >= 0.6 is 0 Å². The summed E-state index contributed by atoms with van der Waals surface area (Å²) in [6, 6.07) is -1.94. The van der Waals surface area contributed by atoms with Crippen molar-refractivity contribution in [3.63, 3.8) is 0 Å². The number of hydrogen-bond acceptors (Lipinski definition) is 8. The maximum atomic E-state index is 10.00. The van der Waals surface area contributed by atoms with Crippen LogP contribution in [0.2, 0.25) is 0 Å². The quantitative estimate of drug-likeness (QED) is 0.323. The lowest BCUT2D eigenvalue weighted by atomic mass is 9.82. The molecule has 8 heteroatoms. The molecule has 1 saturated carbocycles. The minimum Gasteiger partial charge on any atom is -0.461 e. The summed E-state index contributed by atoms with van der Waals surface area (Å²) >= 11 is 0. The monoisotopic (exact) mass is 289 g/mol. The molecule has 0 spiro atoms. The molecule has 8 nitrogen and oxygen atoms in total. The highest BCUT2D eigenvalue weighted by Gasteiger charge is 2.48. The van der Waals surface area contributed by atoms with E-state index in [2.05, 4.69) is 0 Å². The van der Waals surface area contributed by atoms with Gasteiger partial charge in [0.2, 0.25) is 0 Å². The maximum absolute atomic E-state index is 10.00. The Kier molecular flexibility index (Phi) is 4.84. The molecule has 5 unspecified atom stereocenters. The van der Waals surface area contributed by atoms with E-state index in [4.69, 9.17) is 26.7 Å². The smallest absolute Gasteiger partial charge is 0.275 e. The number of nitrogens with two attached hydrogens (primary N) is 3. The number of ether oxygens (including phenoxy) is 2. The molecular formula is C12H23N3O5. The van der Waals surface area contributed by atoms with Crippen LogP contribution < -0.4 is 17.2 Å². The van der Waals surface area contributed by atoms with Crippen LogP contribution in [0.25, 0.3) is 0 Å². The number of aliphatic hydroxyl groups excluding tert-OH is 3. The third-order valence-corrected chi connectivity index (χ3v) is 3.85. The van der Waals surface area contributed by atoms with Crippen LogP contribution in [0.5, 0.6) is 0 Å². The van der Waals surface area contributed by atoms with E-state index in [0.717, 1.165) is 12.8 Å². The third kappa shape index (κ3) is 2.90. The van der Waals surface area contributed by atoms with E-state index in [-0.39, 0.29) is 12.0 Å². The van der Waals surface area contributed by atoms with Crippen LogP contribution in [-0.2, 0) is 9.47 Å². The van der Waals surface area contributed by atoms with Crippen LogP contribution in [0.15, 0.2) is 12.0 Å². The fraction of sp³-hybridized carbons (Fsp3) is 0.833. The highest BCUT2D eigenvalue weighted by atomic mass is 16.7. The van der Waals surface area contributed by atoms with Gasteiger partial charge in [-0.25, -0.2) is 0 Å². The summed E-state index contributed by atoms with van der Waals surface area (Å²) in [5.41, 5.74) is 16.9. The van der Waals surface area contributed by atoms with Gasteiger partial charge >= 0.3 is 0 Å². The van der Waals surface area contributed by atoms with E-state index in [1.54, 1.807) is 6.08 Å². The minimum atomic E-state index is -1.32.